The Labute approximate surface area is 259 Å². The number of anilines is 1. The number of aryl methyl sites for hydroxylation is 1. The van der Waals surface area contributed by atoms with Crippen LogP contribution in [0.25, 0.3) is 0 Å². The lowest BCUT2D eigenvalue weighted by molar-refractivity contribution is -0.142. The average Bonchev–Trinajstić information content (AvgIpc) is 2.88. The zero-order valence-electron chi connectivity index (χ0n) is 24.7. The number of amides is 2. The summed E-state index contributed by atoms with van der Waals surface area (Å²) in [6, 6.07) is 20.9. The maximum absolute atomic E-state index is 14.0. The molecule has 42 heavy (non-hydrogen) atoms. The van der Waals surface area contributed by atoms with Crippen LogP contribution in [0.4, 0.5) is 5.69 Å². The van der Waals surface area contributed by atoms with Gasteiger partial charge in [-0.2, -0.15) is 0 Å². The molecule has 0 saturated carbocycles. The fraction of sp³-hybridized carbons (Fsp3) is 0.375. The molecule has 0 aliphatic carbocycles. The number of hydrogen-bond acceptors (Lipinski definition) is 4. The van der Waals surface area contributed by atoms with E-state index < -0.39 is 21.6 Å². The highest BCUT2D eigenvalue weighted by molar-refractivity contribution is 7.92. The molecule has 7 nitrogen and oxygen atoms in total. The van der Waals surface area contributed by atoms with Crippen molar-refractivity contribution in [3.63, 3.8) is 0 Å². The van der Waals surface area contributed by atoms with Crippen LogP contribution in [0.15, 0.2) is 72.8 Å². The van der Waals surface area contributed by atoms with Crippen molar-refractivity contribution < 1.29 is 18.0 Å². The molecular formula is C32H39Cl2N3O4S. The summed E-state index contributed by atoms with van der Waals surface area (Å²) in [5.74, 6) is -0.617. The molecule has 0 aromatic heterocycles. The van der Waals surface area contributed by atoms with Crippen molar-refractivity contribution in [2.45, 2.75) is 65.1 Å². The summed E-state index contributed by atoms with van der Waals surface area (Å²) in [7, 11) is -3.59. The fourth-order valence-electron chi connectivity index (χ4n) is 4.65. The Morgan fingerprint density at radius 1 is 0.929 bits per heavy atom. The highest BCUT2D eigenvalue weighted by Crippen LogP contribution is 2.28. The molecule has 3 rings (SSSR count). The van der Waals surface area contributed by atoms with Crippen LogP contribution in [0.5, 0.6) is 0 Å². The molecule has 0 unspecified atom stereocenters. The number of nitrogens with one attached hydrogen (secondary N) is 1. The van der Waals surface area contributed by atoms with E-state index in [0.29, 0.717) is 21.3 Å². The minimum Gasteiger partial charge on any atom is -0.350 e. The summed E-state index contributed by atoms with van der Waals surface area (Å²) in [5.41, 5.74) is 2.35. The van der Waals surface area contributed by atoms with Gasteiger partial charge in [0.05, 0.1) is 11.9 Å². The van der Waals surface area contributed by atoms with Gasteiger partial charge in [0.15, 0.2) is 0 Å². The molecule has 2 amide bonds. The molecule has 3 aromatic rings. The third-order valence-corrected chi connectivity index (χ3v) is 8.50. The molecular weight excluding hydrogens is 593 g/mol. The van der Waals surface area contributed by atoms with Gasteiger partial charge in [-0.25, -0.2) is 8.42 Å². The maximum atomic E-state index is 14.0. The molecule has 0 heterocycles. The van der Waals surface area contributed by atoms with Crippen molar-refractivity contribution in [1.29, 1.82) is 0 Å². The van der Waals surface area contributed by atoms with E-state index in [-0.39, 0.29) is 44.2 Å². The number of hydrogen-bond donors (Lipinski definition) is 1. The third-order valence-electron chi connectivity index (χ3n) is 6.60. The Hall–Kier alpha value is -3.07. The van der Waals surface area contributed by atoms with Gasteiger partial charge in [0, 0.05) is 47.1 Å². The van der Waals surface area contributed by atoms with E-state index in [1.54, 1.807) is 36.4 Å². The van der Waals surface area contributed by atoms with Crippen LogP contribution in [0.3, 0.4) is 0 Å². The van der Waals surface area contributed by atoms with Gasteiger partial charge < -0.3 is 10.2 Å². The number of carbonyl (C=O) groups is 2. The molecule has 0 fully saturated rings. The van der Waals surface area contributed by atoms with Crippen LogP contribution < -0.4 is 9.62 Å². The topological polar surface area (TPSA) is 86.8 Å². The lowest BCUT2D eigenvalue weighted by Gasteiger charge is -2.34. The van der Waals surface area contributed by atoms with Crippen molar-refractivity contribution in [2.24, 2.45) is 0 Å². The lowest BCUT2D eigenvalue weighted by atomic mass is 10.00. The van der Waals surface area contributed by atoms with Crippen molar-refractivity contribution in [1.82, 2.24) is 10.2 Å². The quantitative estimate of drug-likeness (QED) is 0.250. The van der Waals surface area contributed by atoms with E-state index in [2.05, 4.69) is 5.32 Å². The van der Waals surface area contributed by atoms with Gasteiger partial charge in [-0.05, 0) is 69.5 Å². The zero-order valence-corrected chi connectivity index (χ0v) is 27.1. The molecule has 226 valence electrons. The smallest absolute Gasteiger partial charge is 0.243 e. The van der Waals surface area contributed by atoms with Crippen LogP contribution in [0.1, 0.15) is 50.3 Å². The van der Waals surface area contributed by atoms with Gasteiger partial charge in [0.2, 0.25) is 21.8 Å². The first-order valence-corrected chi connectivity index (χ1v) is 16.4. The van der Waals surface area contributed by atoms with E-state index in [0.717, 1.165) is 17.4 Å². The Morgan fingerprint density at radius 3 is 2.12 bits per heavy atom. The maximum Gasteiger partial charge on any atom is 0.243 e. The first-order valence-electron chi connectivity index (χ1n) is 13.8. The summed E-state index contributed by atoms with van der Waals surface area (Å²) in [4.78, 5) is 29.2. The normalized spacial score (nSPS) is 12.5. The highest BCUT2D eigenvalue weighted by atomic mass is 35.5. The SMILES string of the molecule is Cc1cccc(N(CCCC(=O)N(Cc2c(Cl)cccc2Cl)[C@@H](Cc2ccccc2)C(=O)NC(C)(C)C)S(C)(=O)=O)c1. The van der Waals surface area contributed by atoms with E-state index in [4.69, 9.17) is 23.2 Å². The summed E-state index contributed by atoms with van der Waals surface area (Å²) in [5, 5.41) is 3.80. The van der Waals surface area contributed by atoms with E-state index in [1.165, 1.54) is 9.21 Å². The third kappa shape index (κ3) is 9.75. The zero-order chi connectivity index (χ0) is 31.1. The molecule has 0 saturated heterocycles. The summed E-state index contributed by atoms with van der Waals surface area (Å²) < 4.78 is 26.6. The molecule has 0 aliphatic heterocycles. The Morgan fingerprint density at radius 2 is 1.55 bits per heavy atom. The number of halogens is 2. The Kier molecular flexibility index (Phi) is 11.5. The Bertz CT molecular complexity index is 1470. The van der Waals surface area contributed by atoms with Crippen molar-refractivity contribution >= 4 is 50.7 Å². The van der Waals surface area contributed by atoms with Gasteiger partial charge in [-0.1, -0.05) is 71.7 Å². The molecule has 0 spiro atoms. The first-order chi connectivity index (χ1) is 19.7. The summed E-state index contributed by atoms with van der Waals surface area (Å²) >= 11 is 13.0. The van der Waals surface area contributed by atoms with Crippen molar-refractivity contribution in [2.75, 3.05) is 17.1 Å². The number of nitrogens with zero attached hydrogens (tertiary/aromatic N) is 2. The summed E-state index contributed by atoms with van der Waals surface area (Å²) in [6.45, 7) is 7.65. The fourth-order valence-corrected chi connectivity index (χ4v) is 6.12. The van der Waals surface area contributed by atoms with Crippen LogP contribution >= 0.6 is 23.2 Å². The predicted molar refractivity (Wildman–Crippen MR) is 171 cm³/mol. The monoisotopic (exact) mass is 631 g/mol. The van der Waals surface area contributed by atoms with Gasteiger partial charge in [0.25, 0.3) is 0 Å². The standard InChI is InChI=1S/C32H39Cl2N3O4S/c1-23-12-9-15-25(20-23)37(42(5,40)41)19-11-18-30(38)36(22-26-27(33)16-10-17-28(26)34)29(31(39)35-32(2,3)4)21-24-13-7-6-8-14-24/h6-10,12-17,20,29H,11,18-19,21-22H2,1-5H3,(H,35,39)/t29-/m0/s1. The molecule has 1 atom stereocenters. The molecule has 0 aliphatic rings. The van der Waals surface area contributed by atoms with Crippen molar-refractivity contribution in [3.8, 4) is 0 Å². The largest absolute Gasteiger partial charge is 0.350 e. The summed E-state index contributed by atoms with van der Waals surface area (Å²) in [6.07, 6.45) is 1.67. The second-order valence-corrected chi connectivity index (χ2v) is 14.2. The predicted octanol–water partition coefficient (Wildman–Crippen LogP) is 6.40. The Balaban J connectivity index is 1.95. The minimum atomic E-state index is -3.59. The van der Waals surface area contributed by atoms with Crippen LogP contribution in [-0.2, 0) is 32.6 Å². The second kappa shape index (κ2) is 14.4. The van der Waals surface area contributed by atoms with Crippen LogP contribution in [-0.4, -0.2) is 49.5 Å². The molecule has 10 heteroatoms. The first kappa shape index (κ1) is 33.4. The van der Waals surface area contributed by atoms with E-state index in [1.807, 2.05) is 64.1 Å². The number of sulfonamides is 1. The highest BCUT2D eigenvalue weighted by Gasteiger charge is 2.33. The lowest BCUT2D eigenvalue weighted by Crippen LogP contribution is -2.54. The van der Waals surface area contributed by atoms with Gasteiger partial charge in [0.1, 0.15) is 6.04 Å². The molecule has 3 aromatic carbocycles. The van der Waals surface area contributed by atoms with E-state index >= 15 is 0 Å². The minimum absolute atomic E-state index is 0.00793. The number of benzene rings is 3. The van der Waals surface area contributed by atoms with Gasteiger partial charge in [-0.3, -0.25) is 13.9 Å². The van der Waals surface area contributed by atoms with Crippen LogP contribution in [0, 0.1) is 6.92 Å². The number of rotatable bonds is 12. The number of carbonyl (C=O) groups excluding carboxylic acids is 2. The van der Waals surface area contributed by atoms with Crippen molar-refractivity contribution in [3.05, 3.63) is 99.5 Å². The van der Waals surface area contributed by atoms with Gasteiger partial charge in [-0.15, -0.1) is 0 Å². The van der Waals surface area contributed by atoms with E-state index in [9.17, 15) is 18.0 Å². The van der Waals surface area contributed by atoms with Gasteiger partial charge >= 0.3 is 0 Å². The van der Waals surface area contributed by atoms with Crippen LogP contribution in [0.2, 0.25) is 10.0 Å². The molecule has 1 N–H and O–H groups in total. The second-order valence-electron chi connectivity index (χ2n) is 11.4. The average molecular weight is 633 g/mol. The molecule has 0 radical (unpaired) electrons. The molecule has 0 bridgehead atoms.